The Hall–Kier alpha value is -2.13. The summed E-state index contributed by atoms with van der Waals surface area (Å²) in [5.74, 6) is 0.911. The lowest BCUT2D eigenvalue weighted by Gasteiger charge is -2.36. The first-order chi connectivity index (χ1) is 10.3. The van der Waals surface area contributed by atoms with Gasteiger partial charge in [0.1, 0.15) is 11.9 Å². The van der Waals surface area contributed by atoms with Crippen LogP contribution in [0.5, 0.6) is 0 Å². The van der Waals surface area contributed by atoms with Crippen LogP contribution in [0.2, 0.25) is 0 Å². The molecule has 0 N–H and O–H groups in total. The van der Waals surface area contributed by atoms with Crippen molar-refractivity contribution in [1.82, 2.24) is 9.97 Å². The molecule has 1 saturated heterocycles. The van der Waals surface area contributed by atoms with E-state index in [1.165, 1.54) is 0 Å². The summed E-state index contributed by atoms with van der Waals surface area (Å²) in [6.07, 6.45) is 5.18. The van der Waals surface area contributed by atoms with Gasteiger partial charge in [-0.05, 0) is 18.2 Å². The van der Waals surface area contributed by atoms with Crippen LogP contribution in [0.4, 0.5) is 11.5 Å². The van der Waals surface area contributed by atoms with Gasteiger partial charge in [0.2, 0.25) is 0 Å². The van der Waals surface area contributed by atoms with E-state index in [0.29, 0.717) is 5.56 Å². The van der Waals surface area contributed by atoms with Crippen molar-refractivity contribution in [2.45, 2.75) is 0 Å². The van der Waals surface area contributed by atoms with Gasteiger partial charge in [-0.15, -0.1) is 0 Å². The normalized spacial score (nSPS) is 14.9. The maximum absolute atomic E-state index is 9.28. The summed E-state index contributed by atoms with van der Waals surface area (Å²) in [6.45, 7) is 3.49. The minimum absolute atomic E-state index is 0.706. The van der Waals surface area contributed by atoms with Crippen molar-refractivity contribution >= 4 is 27.4 Å². The highest BCUT2D eigenvalue weighted by Crippen LogP contribution is 2.25. The number of aromatic nitrogens is 2. The highest BCUT2D eigenvalue weighted by Gasteiger charge is 2.20. The third-order valence-corrected chi connectivity index (χ3v) is 4.07. The molecule has 0 amide bonds. The lowest BCUT2D eigenvalue weighted by atomic mass is 10.1. The largest absolute Gasteiger partial charge is 0.367 e. The van der Waals surface area contributed by atoms with Gasteiger partial charge in [-0.1, -0.05) is 15.9 Å². The van der Waals surface area contributed by atoms with Gasteiger partial charge < -0.3 is 9.80 Å². The third kappa shape index (κ3) is 2.98. The maximum atomic E-state index is 9.28. The molecule has 6 heteroatoms. The fourth-order valence-corrected chi connectivity index (χ4v) is 2.87. The van der Waals surface area contributed by atoms with Crippen molar-refractivity contribution in [2.75, 3.05) is 36.0 Å². The van der Waals surface area contributed by atoms with Crippen LogP contribution in [0.1, 0.15) is 5.56 Å². The molecule has 5 nitrogen and oxygen atoms in total. The predicted octanol–water partition coefficient (Wildman–Crippen LogP) is 2.44. The van der Waals surface area contributed by atoms with Crippen molar-refractivity contribution in [2.24, 2.45) is 0 Å². The van der Waals surface area contributed by atoms with E-state index in [0.717, 1.165) is 42.2 Å². The lowest BCUT2D eigenvalue weighted by molar-refractivity contribution is 0.646. The Bertz CT molecular complexity index is 660. The molecular weight excluding hydrogens is 330 g/mol. The Morgan fingerprint density at radius 1 is 1.10 bits per heavy atom. The molecule has 0 unspecified atom stereocenters. The molecule has 2 aromatic rings. The summed E-state index contributed by atoms with van der Waals surface area (Å²) in [5, 5.41) is 9.28. The number of rotatable bonds is 2. The molecule has 0 aliphatic carbocycles. The molecule has 1 fully saturated rings. The minimum atomic E-state index is 0.706. The number of nitrogens with zero attached hydrogens (tertiary/aromatic N) is 5. The maximum Gasteiger partial charge on any atom is 0.147 e. The molecule has 106 valence electrons. The second kappa shape index (κ2) is 6.10. The topological polar surface area (TPSA) is 56.1 Å². The predicted molar refractivity (Wildman–Crippen MR) is 85.3 cm³/mol. The lowest BCUT2D eigenvalue weighted by Crippen LogP contribution is -2.47. The van der Waals surface area contributed by atoms with Crippen molar-refractivity contribution in [1.29, 1.82) is 5.26 Å². The van der Waals surface area contributed by atoms with Crippen molar-refractivity contribution in [3.05, 3.63) is 46.8 Å². The summed E-state index contributed by atoms with van der Waals surface area (Å²) in [7, 11) is 0. The van der Waals surface area contributed by atoms with E-state index in [1.807, 2.05) is 18.2 Å². The van der Waals surface area contributed by atoms with Gasteiger partial charge in [0, 0.05) is 43.0 Å². The first kappa shape index (κ1) is 13.8. The van der Waals surface area contributed by atoms with E-state index in [2.05, 4.69) is 41.8 Å². The molecule has 0 atom stereocenters. The van der Waals surface area contributed by atoms with Crippen LogP contribution in [-0.4, -0.2) is 36.1 Å². The molecule has 2 heterocycles. The fraction of sp³-hybridized carbons (Fsp3) is 0.267. The zero-order valence-corrected chi connectivity index (χ0v) is 13.0. The highest BCUT2D eigenvalue weighted by molar-refractivity contribution is 9.10. The Morgan fingerprint density at radius 3 is 2.52 bits per heavy atom. The van der Waals surface area contributed by atoms with Gasteiger partial charge in [0.15, 0.2) is 0 Å². The average molecular weight is 344 g/mol. The van der Waals surface area contributed by atoms with E-state index in [1.54, 1.807) is 18.6 Å². The Kier molecular flexibility index (Phi) is 4.02. The number of anilines is 2. The molecule has 1 aliphatic heterocycles. The van der Waals surface area contributed by atoms with E-state index >= 15 is 0 Å². The Balaban J connectivity index is 1.73. The number of nitriles is 1. The zero-order valence-electron chi connectivity index (χ0n) is 11.4. The van der Waals surface area contributed by atoms with Crippen LogP contribution >= 0.6 is 15.9 Å². The van der Waals surface area contributed by atoms with Crippen molar-refractivity contribution < 1.29 is 0 Å². The summed E-state index contributed by atoms with van der Waals surface area (Å²) >= 11 is 3.41. The standard InChI is InChI=1S/C15H14BrN5/c16-13-1-2-14(12(9-13)10-17)20-5-7-21(8-6-20)15-11-18-3-4-19-15/h1-4,9,11H,5-8H2. The van der Waals surface area contributed by atoms with E-state index in [9.17, 15) is 5.26 Å². The van der Waals surface area contributed by atoms with Gasteiger partial charge >= 0.3 is 0 Å². The van der Waals surface area contributed by atoms with Crippen LogP contribution in [0.3, 0.4) is 0 Å². The van der Waals surface area contributed by atoms with Crippen molar-refractivity contribution in [3.8, 4) is 6.07 Å². The molecule has 0 saturated carbocycles. The molecule has 21 heavy (non-hydrogen) atoms. The summed E-state index contributed by atoms with van der Waals surface area (Å²) < 4.78 is 0.931. The second-order valence-corrected chi connectivity index (χ2v) is 5.73. The molecule has 3 rings (SSSR count). The second-order valence-electron chi connectivity index (χ2n) is 4.81. The van der Waals surface area contributed by atoms with Gasteiger partial charge in [0.05, 0.1) is 17.4 Å². The minimum Gasteiger partial charge on any atom is -0.367 e. The van der Waals surface area contributed by atoms with Crippen LogP contribution in [0, 0.1) is 11.3 Å². The number of hydrogen-bond donors (Lipinski definition) is 0. The SMILES string of the molecule is N#Cc1cc(Br)ccc1N1CCN(c2cnccn2)CC1. The molecule has 1 aromatic heterocycles. The Morgan fingerprint density at radius 2 is 1.86 bits per heavy atom. The molecule has 0 spiro atoms. The van der Waals surface area contributed by atoms with E-state index in [4.69, 9.17) is 0 Å². The first-order valence-electron chi connectivity index (χ1n) is 6.73. The highest BCUT2D eigenvalue weighted by atomic mass is 79.9. The first-order valence-corrected chi connectivity index (χ1v) is 7.53. The van der Waals surface area contributed by atoms with Crippen LogP contribution in [0.25, 0.3) is 0 Å². The number of hydrogen-bond acceptors (Lipinski definition) is 5. The average Bonchev–Trinajstić information content (AvgIpc) is 2.56. The van der Waals surface area contributed by atoms with Gasteiger partial charge in [-0.3, -0.25) is 4.98 Å². The number of halogens is 1. The molecule has 0 radical (unpaired) electrons. The Labute approximate surface area is 132 Å². The quantitative estimate of drug-likeness (QED) is 0.838. The number of piperazine rings is 1. The molecule has 1 aromatic carbocycles. The third-order valence-electron chi connectivity index (χ3n) is 3.57. The monoisotopic (exact) mass is 343 g/mol. The van der Waals surface area contributed by atoms with Gasteiger partial charge in [-0.2, -0.15) is 5.26 Å². The summed E-state index contributed by atoms with van der Waals surface area (Å²) in [4.78, 5) is 12.9. The molecular formula is C15H14BrN5. The summed E-state index contributed by atoms with van der Waals surface area (Å²) in [6, 6.07) is 8.11. The number of benzene rings is 1. The van der Waals surface area contributed by atoms with Crippen molar-refractivity contribution in [3.63, 3.8) is 0 Å². The van der Waals surface area contributed by atoms with Crippen LogP contribution in [-0.2, 0) is 0 Å². The molecule has 0 bridgehead atoms. The van der Waals surface area contributed by atoms with E-state index < -0.39 is 0 Å². The van der Waals surface area contributed by atoms with Gasteiger partial charge in [-0.25, -0.2) is 4.98 Å². The van der Waals surface area contributed by atoms with Crippen LogP contribution < -0.4 is 9.80 Å². The van der Waals surface area contributed by atoms with Crippen LogP contribution in [0.15, 0.2) is 41.3 Å². The van der Waals surface area contributed by atoms with E-state index in [-0.39, 0.29) is 0 Å². The smallest absolute Gasteiger partial charge is 0.147 e. The summed E-state index contributed by atoms with van der Waals surface area (Å²) in [5.41, 5.74) is 1.71. The fourth-order valence-electron chi connectivity index (χ4n) is 2.50. The zero-order chi connectivity index (χ0) is 14.7. The van der Waals surface area contributed by atoms with Gasteiger partial charge in [0.25, 0.3) is 0 Å². The molecule has 1 aliphatic rings.